The van der Waals surface area contributed by atoms with E-state index in [9.17, 15) is 13.2 Å². The number of amides is 1. The number of ether oxygens (including phenoxy) is 1. The van der Waals surface area contributed by atoms with Gasteiger partial charge in [-0.25, -0.2) is 8.42 Å². The molecule has 0 aromatic heterocycles. The van der Waals surface area contributed by atoms with E-state index in [1.807, 2.05) is 19.1 Å². The molecule has 0 radical (unpaired) electrons. The lowest BCUT2D eigenvalue weighted by molar-refractivity contribution is -0.211. The highest BCUT2D eigenvalue weighted by molar-refractivity contribution is 7.89. The lowest BCUT2D eigenvalue weighted by Crippen LogP contribution is -2.78. The minimum absolute atomic E-state index is 0.120. The van der Waals surface area contributed by atoms with Gasteiger partial charge in [0, 0.05) is 19.1 Å². The predicted octanol–water partition coefficient (Wildman–Crippen LogP) is 3.49. The first-order valence-electron chi connectivity index (χ1n) is 11.9. The standard InChI is InChI=1S/C24H34N2O4S/c1-18-7-3-4-8-21(18)31(28,29)25-15-11-20(12-16-25)26-23(27)22(30-17-19-9-10-19)24(26)13-5-2-6-14-24/h3-4,7-8,19-20,22H,2,5-6,9-17H2,1H3. The Balaban J connectivity index is 1.28. The van der Waals surface area contributed by atoms with Crippen molar-refractivity contribution in [1.29, 1.82) is 0 Å². The van der Waals surface area contributed by atoms with Gasteiger partial charge in [-0.15, -0.1) is 0 Å². The summed E-state index contributed by atoms with van der Waals surface area (Å²) >= 11 is 0. The molecule has 7 heteroatoms. The number of sulfonamides is 1. The van der Waals surface area contributed by atoms with Crippen molar-refractivity contribution in [1.82, 2.24) is 9.21 Å². The summed E-state index contributed by atoms with van der Waals surface area (Å²) in [6.07, 6.45) is 9.15. The van der Waals surface area contributed by atoms with Crippen LogP contribution in [0.2, 0.25) is 0 Å². The Labute approximate surface area is 186 Å². The Bertz CT molecular complexity index is 929. The lowest BCUT2D eigenvalue weighted by Gasteiger charge is -2.62. The Morgan fingerprint density at radius 3 is 2.35 bits per heavy atom. The Morgan fingerprint density at radius 1 is 1.03 bits per heavy atom. The number of carbonyl (C=O) groups excluding carboxylic acids is 1. The molecular weight excluding hydrogens is 412 g/mol. The van der Waals surface area contributed by atoms with Gasteiger partial charge in [-0.2, -0.15) is 4.31 Å². The average Bonchev–Trinajstić information content (AvgIpc) is 3.60. The van der Waals surface area contributed by atoms with E-state index in [1.54, 1.807) is 16.4 Å². The van der Waals surface area contributed by atoms with Crippen molar-refractivity contribution >= 4 is 15.9 Å². The summed E-state index contributed by atoms with van der Waals surface area (Å²) in [7, 11) is -3.49. The maximum atomic E-state index is 13.2. The van der Waals surface area contributed by atoms with E-state index in [2.05, 4.69) is 4.90 Å². The Hall–Kier alpha value is -1.44. The number of carbonyl (C=O) groups is 1. The van der Waals surface area contributed by atoms with Crippen LogP contribution in [0.5, 0.6) is 0 Å². The van der Waals surface area contributed by atoms with Crippen LogP contribution >= 0.6 is 0 Å². The van der Waals surface area contributed by atoms with Crippen LogP contribution in [0, 0.1) is 12.8 Å². The van der Waals surface area contributed by atoms with E-state index in [1.165, 1.54) is 19.3 Å². The molecule has 6 nitrogen and oxygen atoms in total. The van der Waals surface area contributed by atoms with Gasteiger partial charge in [-0.05, 0) is 63.0 Å². The molecule has 4 aliphatic rings. The van der Waals surface area contributed by atoms with Crippen LogP contribution in [0.15, 0.2) is 29.2 Å². The van der Waals surface area contributed by atoms with Gasteiger partial charge < -0.3 is 9.64 Å². The zero-order valence-electron chi connectivity index (χ0n) is 18.5. The van der Waals surface area contributed by atoms with E-state index in [0.717, 1.165) is 37.9 Å². The van der Waals surface area contributed by atoms with Crippen molar-refractivity contribution in [3.63, 3.8) is 0 Å². The molecular formula is C24H34N2O4S. The highest BCUT2D eigenvalue weighted by Crippen LogP contribution is 2.49. The second-order valence-electron chi connectivity index (χ2n) is 9.93. The number of benzene rings is 1. The number of hydrogen-bond acceptors (Lipinski definition) is 4. The summed E-state index contributed by atoms with van der Waals surface area (Å²) < 4.78 is 34.1. The van der Waals surface area contributed by atoms with Crippen LogP contribution in [-0.4, -0.2) is 60.9 Å². The molecule has 2 saturated carbocycles. The molecule has 4 fully saturated rings. The molecule has 1 unspecified atom stereocenters. The highest BCUT2D eigenvalue weighted by Gasteiger charge is 2.62. The summed E-state index contributed by atoms with van der Waals surface area (Å²) in [5.41, 5.74) is 0.630. The third-order valence-electron chi connectivity index (χ3n) is 7.84. The Kier molecular flexibility index (Phi) is 5.64. The minimum Gasteiger partial charge on any atom is -0.366 e. The third kappa shape index (κ3) is 3.72. The molecule has 1 aromatic carbocycles. The van der Waals surface area contributed by atoms with Gasteiger partial charge in [0.2, 0.25) is 10.0 Å². The fraction of sp³-hybridized carbons (Fsp3) is 0.708. The second kappa shape index (κ2) is 8.16. The second-order valence-corrected chi connectivity index (χ2v) is 11.8. The number of rotatable bonds is 6. The number of piperidine rings is 1. The molecule has 2 heterocycles. The molecule has 0 bridgehead atoms. The summed E-state index contributed by atoms with van der Waals surface area (Å²) in [5.74, 6) is 0.792. The minimum atomic E-state index is -3.49. The van der Waals surface area contributed by atoms with Crippen LogP contribution < -0.4 is 0 Å². The molecule has 1 aromatic rings. The topological polar surface area (TPSA) is 66.9 Å². The van der Waals surface area contributed by atoms with E-state index in [4.69, 9.17) is 4.74 Å². The molecule has 31 heavy (non-hydrogen) atoms. The fourth-order valence-electron chi connectivity index (χ4n) is 5.92. The van der Waals surface area contributed by atoms with Gasteiger partial charge in [0.1, 0.15) is 0 Å². The van der Waals surface area contributed by atoms with Gasteiger partial charge in [0.05, 0.1) is 17.0 Å². The van der Waals surface area contributed by atoms with Crippen molar-refractivity contribution < 1.29 is 17.9 Å². The van der Waals surface area contributed by atoms with E-state index in [0.29, 0.717) is 36.7 Å². The van der Waals surface area contributed by atoms with Gasteiger partial charge in [-0.1, -0.05) is 37.5 Å². The predicted molar refractivity (Wildman–Crippen MR) is 118 cm³/mol. The fourth-order valence-corrected chi connectivity index (χ4v) is 7.61. The molecule has 0 N–H and O–H groups in total. The first-order valence-corrected chi connectivity index (χ1v) is 13.4. The van der Waals surface area contributed by atoms with Crippen molar-refractivity contribution in [3.05, 3.63) is 29.8 Å². The largest absolute Gasteiger partial charge is 0.366 e. The molecule has 1 atom stereocenters. The van der Waals surface area contributed by atoms with Crippen molar-refractivity contribution in [2.24, 2.45) is 5.92 Å². The maximum Gasteiger partial charge on any atom is 0.254 e. The maximum absolute atomic E-state index is 13.2. The number of nitrogens with zero attached hydrogens (tertiary/aromatic N) is 2. The van der Waals surface area contributed by atoms with Crippen LogP contribution in [-0.2, 0) is 19.6 Å². The quantitative estimate of drug-likeness (QED) is 0.628. The van der Waals surface area contributed by atoms with E-state index >= 15 is 0 Å². The summed E-state index contributed by atoms with van der Waals surface area (Å²) in [6, 6.07) is 7.29. The summed E-state index contributed by atoms with van der Waals surface area (Å²) in [5, 5.41) is 0. The molecule has 2 saturated heterocycles. The van der Waals surface area contributed by atoms with Crippen molar-refractivity contribution in [2.75, 3.05) is 19.7 Å². The molecule has 2 aliphatic carbocycles. The summed E-state index contributed by atoms with van der Waals surface area (Å²) in [6.45, 7) is 3.50. The van der Waals surface area contributed by atoms with Crippen LogP contribution in [0.1, 0.15) is 63.4 Å². The van der Waals surface area contributed by atoms with Gasteiger partial charge in [-0.3, -0.25) is 4.79 Å². The molecule has 5 rings (SSSR count). The average molecular weight is 447 g/mol. The van der Waals surface area contributed by atoms with Gasteiger partial charge >= 0.3 is 0 Å². The Morgan fingerprint density at radius 2 is 1.71 bits per heavy atom. The zero-order chi connectivity index (χ0) is 21.6. The van der Waals surface area contributed by atoms with Crippen LogP contribution in [0.4, 0.5) is 0 Å². The van der Waals surface area contributed by atoms with Gasteiger partial charge in [0.15, 0.2) is 6.10 Å². The normalized spacial score (nSPS) is 27.5. The van der Waals surface area contributed by atoms with E-state index < -0.39 is 10.0 Å². The highest BCUT2D eigenvalue weighted by atomic mass is 32.2. The van der Waals surface area contributed by atoms with Crippen LogP contribution in [0.3, 0.4) is 0 Å². The smallest absolute Gasteiger partial charge is 0.254 e. The SMILES string of the molecule is Cc1ccccc1S(=O)(=O)N1CCC(N2C(=O)C(OCC3CC3)C23CCCCC3)CC1. The molecule has 1 amide bonds. The van der Waals surface area contributed by atoms with Crippen LogP contribution in [0.25, 0.3) is 0 Å². The third-order valence-corrected chi connectivity index (χ3v) is 9.90. The molecule has 2 aliphatic heterocycles. The molecule has 170 valence electrons. The first kappa shape index (κ1) is 21.4. The number of likely N-dealkylation sites (tertiary alicyclic amines) is 1. The van der Waals surface area contributed by atoms with Gasteiger partial charge in [0.25, 0.3) is 5.91 Å². The lowest BCUT2D eigenvalue weighted by atomic mass is 9.68. The number of β-lactam (4-membered cyclic amide) rings is 1. The number of hydrogen-bond donors (Lipinski definition) is 0. The first-order chi connectivity index (χ1) is 14.9. The molecule has 1 spiro atoms. The number of aryl methyl sites for hydroxylation is 1. The monoisotopic (exact) mass is 446 g/mol. The van der Waals surface area contributed by atoms with Crippen molar-refractivity contribution in [2.45, 2.75) is 87.3 Å². The van der Waals surface area contributed by atoms with Crippen molar-refractivity contribution in [3.8, 4) is 0 Å². The summed E-state index contributed by atoms with van der Waals surface area (Å²) in [4.78, 5) is 15.7. The zero-order valence-corrected chi connectivity index (χ0v) is 19.3. The van der Waals surface area contributed by atoms with E-state index in [-0.39, 0.29) is 23.6 Å².